The van der Waals surface area contributed by atoms with Crippen LogP contribution in [-0.2, 0) is 6.18 Å². The van der Waals surface area contributed by atoms with Gasteiger partial charge >= 0.3 is 6.18 Å². The van der Waals surface area contributed by atoms with Gasteiger partial charge in [-0.1, -0.05) is 6.07 Å². The van der Waals surface area contributed by atoms with Crippen LogP contribution in [0, 0.1) is 11.6 Å². The largest absolute Gasteiger partial charge is 0.416 e. The highest BCUT2D eigenvalue weighted by molar-refractivity contribution is 5.94. The normalized spacial score (nSPS) is 15.3. The second-order valence-corrected chi connectivity index (χ2v) is 5.99. The van der Waals surface area contributed by atoms with Crippen LogP contribution in [0.1, 0.15) is 15.9 Å². The first-order chi connectivity index (χ1) is 12.2. The monoisotopic (exact) mass is 370 g/mol. The molecule has 1 fully saturated rings. The van der Waals surface area contributed by atoms with Crippen molar-refractivity contribution in [3.05, 3.63) is 65.2 Å². The van der Waals surface area contributed by atoms with Gasteiger partial charge in [0.1, 0.15) is 11.6 Å². The van der Waals surface area contributed by atoms with Gasteiger partial charge in [0.2, 0.25) is 0 Å². The second-order valence-electron chi connectivity index (χ2n) is 5.99. The van der Waals surface area contributed by atoms with Crippen LogP contribution in [0.5, 0.6) is 0 Å². The highest BCUT2D eigenvalue weighted by Crippen LogP contribution is 2.32. The quantitative estimate of drug-likeness (QED) is 0.748. The number of nitrogens with zero attached hydrogens (tertiary/aromatic N) is 2. The zero-order valence-electron chi connectivity index (χ0n) is 13.6. The van der Waals surface area contributed by atoms with E-state index in [1.807, 2.05) is 0 Å². The molecule has 1 aliphatic rings. The fourth-order valence-electron chi connectivity index (χ4n) is 2.91. The minimum absolute atomic E-state index is 0.0879. The number of amides is 1. The minimum atomic E-state index is -4.42. The number of piperazine rings is 1. The standard InChI is InChI=1S/C18H15F5N2O/c19-14-8-12(9-15(20)11-14)17(26)25-6-4-24(5-7-25)16-3-1-2-13(10-16)18(21,22)23/h1-3,8-11H,4-7H2. The molecule has 0 unspecified atom stereocenters. The lowest BCUT2D eigenvalue weighted by Crippen LogP contribution is -2.48. The number of carbonyl (C=O) groups is 1. The summed E-state index contributed by atoms with van der Waals surface area (Å²) in [5, 5.41) is 0. The van der Waals surface area contributed by atoms with Gasteiger partial charge in [0.05, 0.1) is 5.56 Å². The molecule has 2 aromatic carbocycles. The van der Waals surface area contributed by atoms with Gasteiger partial charge in [0, 0.05) is 43.5 Å². The van der Waals surface area contributed by atoms with E-state index in [1.165, 1.54) is 11.0 Å². The number of rotatable bonds is 2. The maximum atomic E-state index is 13.3. The minimum Gasteiger partial charge on any atom is -0.368 e. The summed E-state index contributed by atoms with van der Waals surface area (Å²) >= 11 is 0. The smallest absolute Gasteiger partial charge is 0.368 e. The van der Waals surface area contributed by atoms with E-state index in [-0.39, 0.29) is 18.7 Å². The maximum absolute atomic E-state index is 13.3. The van der Waals surface area contributed by atoms with Crippen LogP contribution in [0.3, 0.4) is 0 Å². The molecule has 3 rings (SSSR count). The Hall–Kier alpha value is -2.64. The van der Waals surface area contributed by atoms with Crippen LogP contribution in [0.4, 0.5) is 27.6 Å². The molecule has 138 valence electrons. The van der Waals surface area contributed by atoms with Gasteiger partial charge in [0.25, 0.3) is 5.91 Å². The van der Waals surface area contributed by atoms with Gasteiger partial charge in [-0.15, -0.1) is 0 Å². The van der Waals surface area contributed by atoms with Crippen molar-refractivity contribution in [1.29, 1.82) is 0 Å². The summed E-state index contributed by atoms with van der Waals surface area (Å²) in [4.78, 5) is 15.5. The molecule has 0 spiro atoms. The topological polar surface area (TPSA) is 23.6 Å². The average molecular weight is 370 g/mol. The zero-order valence-corrected chi connectivity index (χ0v) is 13.6. The van der Waals surface area contributed by atoms with Crippen molar-refractivity contribution < 1.29 is 26.7 Å². The first-order valence-corrected chi connectivity index (χ1v) is 7.91. The maximum Gasteiger partial charge on any atom is 0.416 e. The van der Waals surface area contributed by atoms with Crippen LogP contribution in [-0.4, -0.2) is 37.0 Å². The molecule has 1 amide bonds. The van der Waals surface area contributed by atoms with Crippen molar-refractivity contribution in [2.45, 2.75) is 6.18 Å². The molecule has 0 atom stereocenters. The SMILES string of the molecule is O=C(c1cc(F)cc(F)c1)N1CCN(c2cccc(C(F)(F)F)c2)CC1. The third kappa shape index (κ3) is 3.95. The van der Waals surface area contributed by atoms with Crippen LogP contribution in [0.25, 0.3) is 0 Å². The molecule has 1 saturated heterocycles. The fraction of sp³-hybridized carbons (Fsp3) is 0.278. The Morgan fingerprint density at radius 2 is 1.50 bits per heavy atom. The van der Waals surface area contributed by atoms with Crippen molar-refractivity contribution in [1.82, 2.24) is 4.90 Å². The number of hydrogen-bond donors (Lipinski definition) is 0. The van der Waals surface area contributed by atoms with Gasteiger partial charge in [-0.2, -0.15) is 13.2 Å². The molecule has 0 N–H and O–H groups in total. The van der Waals surface area contributed by atoms with Gasteiger partial charge in [0.15, 0.2) is 0 Å². The van der Waals surface area contributed by atoms with Crippen LogP contribution >= 0.6 is 0 Å². The van der Waals surface area contributed by atoms with E-state index >= 15 is 0 Å². The van der Waals surface area contributed by atoms with Gasteiger partial charge in [-0.25, -0.2) is 8.78 Å². The second kappa shape index (κ2) is 6.93. The molecule has 1 aliphatic heterocycles. The number of hydrogen-bond acceptors (Lipinski definition) is 2. The Labute approximate surface area is 146 Å². The third-order valence-corrected chi connectivity index (χ3v) is 4.22. The number of anilines is 1. The summed E-state index contributed by atoms with van der Waals surface area (Å²) in [6.07, 6.45) is -4.42. The van der Waals surface area contributed by atoms with Crippen molar-refractivity contribution in [2.24, 2.45) is 0 Å². The highest BCUT2D eigenvalue weighted by atomic mass is 19.4. The van der Waals surface area contributed by atoms with E-state index < -0.39 is 29.3 Å². The Morgan fingerprint density at radius 3 is 2.08 bits per heavy atom. The molecular formula is C18H15F5N2O. The first kappa shape index (κ1) is 18.2. The summed E-state index contributed by atoms with van der Waals surface area (Å²) < 4.78 is 65.0. The van der Waals surface area contributed by atoms with E-state index in [0.717, 1.165) is 24.3 Å². The van der Waals surface area contributed by atoms with E-state index in [1.54, 1.807) is 11.0 Å². The fourth-order valence-corrected chi connectivity index (χ4v) is 2.91. The molecule has 2 aromatic rings. The van der Waals surface area contributed by atoms with E-state index in [4.69, 9.17) is 0 Å². The molecule has 1 heterocycles. The number of alkyl halides is 3. The molecule has 0 aliphatic carbocycles. The van der Waals surface area contributed by atoms with Crippen LogP contribution in [0.2, 0.25) is 0 Å². The summed E-state index contributed by atoms with van der Waals surface area (Å²) in [6.45, 7) is 1.14. The average Bonchev–Trinajstić information content (AvgIpc) is 2.60. The van der Waals surface area contributed by atoms with Gasteiger partial charge < -0.3 is 9.80 Å². The van der Waals surface area contributed by atoms with E-state index in [9.17, 15) is 26.7 Å². The molecule has 0 aromatic heterocycles. The van der Waals surface area contributed by atoms with Crippen molar-refractivity contribution in [3.63, 3.8) is 0 Å². The van der Waals surface area contributed by atoms with E-state index in [0.29, 0.717) is 24.8 Å². The molecule has 3 nitrogen and oxygen atoms in total. The molecule has 0 radical (unpaired) electrons. The Bertz CT molecular complexity index is 793. The molecule has 26 heavy (non-hydrogen) atoms. The molecule has 0 bridgehead atoms. The zero-order chi connectivity index (χ0) is 18.9. The Morgan fingerprint density at radius 1 is 0.885 bits per heavy atom. The summed E-state index contributed by atoms with van der Waals surface area (Å²) in [7, 11) is 0. The Kier molecular flexibility index (Phi) is 4.84. The highest BCUT2D eigenvalue weighted by Gasteiger charge is 2.31. The Balaban J connectivity index is 1.68. The predicted octanol–water partition coefficient (Wildman–Crippen LogP) is 3.95. The summed E-state index contributed by atoms with van der Waals surface area (Å²) in [5.74, 6) is -2.18. The number of carbonyl (C=O) groups excluding carboxylic acids is 1. The predicted molar refractivity (Wildman–Crippen MR) is 85.9 cm³/mol. The van der Waals surface area contributed by atoms with E-state index in [2.05, 4.69) is 0 Å². The lowest BCUT2D eigenvalue weighted by atomic mass is 10.1. The van der Waals surface area contributed by atoms with Gasteiger partial charge in [-0.3, -0.25) is 4.79 Å². The first-order valence-electron chi connectivity index (χ1n) is 7.91. The van der Waals surface area contributed by atoms with Crippen molar-refractivity contribution in [3.8, 4) is 0 Å². The van der Waals surface area contributed by atoms with Crippen LogP contribution in [0.15, 0.2) is 42.5 Å². The van der Waals surface area contributed by atoms with Crippen LogP contribution < -0.4 is 4.90 Å². The number of halogens is 5. The van der Waals surface area contributed by atoms with Gasteiger partial charge in [-0.05, 0) is 30.3 Å². The molecular weight excluding hydrogens is 355 g/mol. The lowest BCUT2D eigenvalue weighted by Gasteiger charge is -2.36. The lowest BCUT2D eigenvalue weighted by molar-refractivity contribution is -0.137. The third-order valence-electron chi connectivity index (χ3n) is 4.22. The summed E-state index contributed by atoms with van der Waals surface area (Å²) in [5.41, 5.74) is -0.400. The number of benzene rings is 2. The van der Waals surface area contributed by atoms with Crippen molar-refractivity contribution in [2.75, 3.05) is 31.1 Å². The summed E-state index contributed by atoms with van der Waals surface area (Å²) in [6, 6.07) is 7.60. The van der Waals surface area contributed by atoms with Crippen molar-refractivity contribution >= 4 is 11.6 Å². The molecule has 8 heteroatoms. The molecule has 0 saturated carbocycles.